The van der Waals surface area contributed by atoms with Gasteiger partial charge in [-0.2, -0.15) is 0 Å². The minimum absolute atomic E-state index is 0.0893. The van der Waals surface area contributed by atoms with Crippen LogP contribution in [0, 0.1) is 6.92 Å². The average molecular weight is 395 g/mol. The molecule has 0 aliphatic carbocycles. The third kappa shape index (κ3) is 5.23. The number of hydrogen-bond donors (Lipinski definition) is 1. The summed E-state index contributed by atoms with van der Waals surface area (Å²) in [5.74, 6) is 0.800. The Morgan fingerprint density at radius 3 is 2.69 bits per heavy atom. The summed E-state index contributed by atoms with van der Waals surface area (Å²) in [7, 11) is 0. The normalized spacial score (nSPS) is 10.8. The first-order valence-electron chi connectivity index (χ1n) is 9.70. The highest BCUT2D eigenvalue weighted by atomic mass is 16.5. The molecule has 0 spiro atoms. The van der Waals surface area contributed by atoms with E-state index in [0.717, 1.165) is 12.0 Å². The van der Waals surface area contributed by atoms with Crippen LogP contribution < -0.4 is 15.5 Å². The van der Waals surface area contributed by atoms with Gasteiger partial charge in [-0.3, -0.25) is 9.59 Å². The molecule has 0 atom stereocenters. The second-order valence-electron chi connectivity index (χ2n) is 6.58. The van der Waals surface area contributed by atoms with Gasteiger partial charge in [-0.25, -0.2) is 0 Å². The number of ether oxygens (including phenoxy) is 2. The van der Waals surface area contributed by atoms with E-state index < -0.39 is 0 Å². The smallest absolute Gasteiger partial charge is 0.257 e. The standard InChI is InChI=1S/C23H25NO5/c1-3-27-13-7-12-24-21(25)15-28-18-10-11-19-20(14-18)29-16(2)22(23(19)26)17-8-5-4-6-9-17/h4-6,8-11,14H,3,7,12-13,15H2,1-2H3,(H,24,25). The highest BCUT2D eigenvalue weighted by Crippen LogP contribution is 2.26. The van der Waals surface area contributed by atoms with Crippen molar-refractivity contribution in [3.8, 4) is 16.9 Å². The molecule has 0 bridgehead atoms. The zero-order valence-corrected chi connectivity index (χ0v) is 16.7. The molecule has 0 radical (unpaired) electrons. The van der Waals surface area contributed by atoms with Gasteiger partial charge in [0.05, 0.1) is 10.9 Å². The fourth-order valence-electron chi connectivity index (χ4n) is 3.06. The van der Waals surface area contributed by atoms with Crippen LogP contribution in [0.4, 0.5) is 0 Å². The lowest BCUT2D eigenvalue weighted by Gasteiger charge is -2.10. The monoisotopic (exact) mass is 395 g/mol. The lowest BCUT2D eigenvalue weighted by atomic mass is 10.0. The number of aryl methyl sites for hydroxylation is 1. The highest BCUT2D eigenvalue weighted by molar-refractivity contribution is 5.84. The lowest BCUT2D eigenvalue weighted by molar-refractivity contribution is -0.123. The highest BCUT2D eigenvalue weighted by Gasteiger charge is 2.14. The molecule has 2 aromatic carbocycles. The first kappa shape index (κ1) is 20.6. The molecule has 0 saturated heterocycles. The summed E-state index contributed by atoms with van der Waals surface area (Å²) < 4.78 is 16.6. The summed E-state index contributed by atoms with van der Waals surface area (Å²) in [5, 5.41) is 3.25. The fourth-order valence-corrected chi connectivity index (χ4v) is 3.06. The van der Waals surface area contributed by atoms with Crippen molar-refractivity contribution in [1.82, 2.24) is 5.32 Å². The number of hydrogen-bond acceptors (Lipinski definition) is 5. The quantitative estimate of drug-likeness (QED) is 0.559. The Kier molecular flexibility index (Phi) is 7.03. The minimum atomic E-state index is -0.210. The van der Waals surface area contributed by atoms with E-state index in [9.17, 15) is 9.59 Å². The first-order chi connectivity index (χ1) is 14.1. The van der Waals surface area contributed by atoms with Crippen LogP contribution >= 0.6 is 0 Å². The van der Waals surface area contributed by atoms with Crippen molar-refractivity contribution < 1.29 is 18.7 Å². The zero-order chi connectivity index (χ0) is 20.6. The molecule has 1 aromatic heterocycles. The topological polar surface area (TPSA) is 77.8 Å². The molecule has 0 unspecified atom stereocenters. The minimum Gasteiger partial charge on any atom is -0.484 e. The van der Waals surface area contributed by atoms with Gasteiger partial charge >= 0.3 is 0 Å². The second kappa shape index (κ2) is 9.89. The molecule has 0 aliphatic heterocycles. The van der Waals surface area contributed by atoms with Gasteiger partial charge < -0.3 is 19.2 Å². The number of nitrogens with one attached hydrogen (secondary N) is 1. The van der Waals surface area contributed by atoms with E-state index in [1.165, 1.54) is 0 Å². The number of fused-ring (bicyclic) bond motifs is 1. The van der Waals surface area contributed by atoms with Crippen LogP contribution in [-0.2, 0) is 9.53 Å². The summed E-state index contributed by atoms with van der Waals surface area (Å²) in [4.78, 5) is 24.8. The van der Waals surface area contributed by atoms with Gasteiger partial charge in [-0.1, -0.05) is 30.3 Å². The van der Waals surface area contributed by atoms with Crippen LogP contribution in [-0.4, -0.2) is 32.3 Å². The predicted octanol–water partition coefficient (Wildman–Crippen LogP) is 3.69. The number of amides is 1. The molecule has 1 N–H and O–H groups in total. The molecule has 1 heterocycles. The van der Waals surface area contributed by atoms with Gasteiger partial charge in [0, 0.05) is 25.8 Å². The summed E-state index contributed by atoms with van der Waals surface area (Å²) in [6.45, 7) is 5.42. The third-order valence-corrected chi connectivity index (χ3v) is 4.46. The number of carbonyl (C=O) groups is 1. The van der Waals surface area contributed by atoms with Crippen molar-refractivity contribution >= 4 is 16.9 Å². The van der Waals surface area contributed by atoms with E-state index in [1.54, 1.807) is 25.1 Å². The van der Waals surface area contributed by atoms with E-state index >= 15 is 0 Å². The largest absolute Gasteiger partial charge is 0.484 e. The Labute approximate surface area is 169 Å². The van der Waals surface area contributed by atoms with Gasteiger partial charge in [-0.05, 0) is 38.0 Å². The van der Waals surface area contributed by atoms with E-state index in [1.807, 2.05) is 37.3 Å². The Bertz CT molecular complexity index is 1030. The maximum Gasteiger partial charge on any atom is 0.257 e. The van der Waals surface area contributed by atoms with Crippen molar-refractivity contribution in [2.75, 3.05) is 26.4 Å². The molecular formula is C23H25NO5. The van der Waals surface area contributed by atoms with E-state index in [0.29, 0.717) is 47.8 Å². The number of rotatable bonds is 9. The summed E-state index contributed by atoms with van der Waals surface area (Å²) in [5.41, 5.74) is 1.72. The molecule has 0 saturated carbocycles. The first-order valence-corrected chi connectivity index (χ1v) is 9.70. The molecule has 1 amide bonds. The average Bonchev–Trinajstić information content (AvgIpc) is 2.72. The van der Waals surface area contributed by atoms with Crippen LogP contribution in [0.3, 0.4) is 0 Å². The molecule has 6 heteroatoms. The Hall–Kier alpha value is -3.12. The lowest BCUT2D eigenvalue weighted by Crippen LogP contribution is -2.30. The summed E-state index contributed by atoms with van der Waals surface area (Å²) in [6.07, 6.45) is 0.754. The molecule has 3 aromatic rings. The SMILES string of the molecule is CCOCCCNC(=O)COc1ccc2c(=O)c(-c3ccccc3)c(C)oc2c1. The molecule has 0 aliphatic rings. The Morgan fingerprint density at radius 2 is 1.93 bits per heavy atom. The predicted molar refractivity (Wildman–Crippen MR) is 112 cm³/mol. The van der Waals surface area contributed by atoms with Crippen LogP contribution in [0.25, 0.3) is 22.1 Å². The van der Waals surface area contributed by atoms with E-state index in [2.05, 4.69) is 5.32 Å². The van der Waals surface area contributed by atoms with Gasteiger partial charge in [0.1, 0.15) is 17.1 Å². The Morgan fingerprint density at radius 1 is 1.14 bits per heavy atom. The van der Waals surface area contributed by atoms with Gasteiger partial charge in [0.15, 0.2) is 6.61 Å². The maximum atomic E-state index is 12.9. The summed E-state index contributed by atoms with van der Waals surface area (Å²) >= 11 is 0. The molecule has 0 fully saturated rings. The third-order valence-electron chi connectivity index (χ3n) is 4.46. The fraction of sp³-hybridized carbons (Fsp3) is 0.304. The Balaban J connectivity index is 1.69. The van der Waals surface area contributed by atoms with E-state index in [4.69, 9.17) is 13.9 Å². The van der Waals surface area contributed by atoms with Crippen LogP contribution in [0.5, 0.6) is 5.75 Å². The number of benzene rings is 2. The van der Waals surface area contributed by atoms with E-state index in [-0.39, 0.29) is 17.9 Å². The van der Waals surface area contributed by atoms with Crippen molar-refractivity contribution in [3.05, 3.63) is 64.5 Å². The van der Waals surface area contributed by atoms with Gasteiger partial charge in [-0.15, -0.1) is 0 Å². The molecule has 29 heavy (non-hydrogen) atoms. The van der Waals surface area contributed by atoms with Gasteiger partial charge in [0.2, 0.25) is 5.43 Å². The summed E-state index contributed by atoms with van der Waals surface area (Å²) in [6, 6.07) is 14.4. The zero-order valence-electron chi connectivity index (χ0n) is 16.7. The van der Waals surface area contributed by atoms with Crippen LogP contribution in [0.1, 0.15) is 19.1 Å². The van der Waals surface area contributed by atoms with Gasteiger partial charge in [0.25, 0.3) is 5.91 Å². The van der Waals surface area contributed by atoms with Crippen molar-refractivity contribution in [2.24, 2.45) is 0 Å². The number of carbonyl (C=O) groups excluding carboxylic acids is 1. The molecule has 152 valence electrons. The maximum absolute atomic E-state index is 12.9. The molecular weight excluding hydrogens is 370 g/mol. The second-order valence-corrected chi connectivity index (χ2v) is 6.58. The van der Waals surface area contributed by atoms with Crippen molar-refractivity contribution in [2.45, 2.75) is 20.3 Å². The molecule has 6 nitrogen and oxygen atoms in total. The van der Waals surface area contributed by atoms with Crippen molar-refractivity contribution in [1.29, 1.82) is 0 Å². The molecule has 3 rings (SSSR count). The van der Waals surface area contributed by atoms with Crippen molar-refractivity contribution in [3.63, 3.8) is 0 Å². The van der Waals surface area contributed by atoms with Crippen LogP contribution in [0.2, 0.25) is 0 Å². The van der Waals surface area contributed by atoms with Crippen LogP contribution in [0.15, 0.2) is 57.7 Å².